The first-order valence-corrected chi connectivity index (χ1v) is 30.2. The number of para-hydroxylation sites is 1. The summed E-state index contributed by atoms with van der Waals surface area (Å²) in [5, 5.41) is 25.1. The van der Waals surface area contributed by atoms with Gasteiger partial charge in [0, 0.05) is 138 Å². The minimum atomic E-state index is -4.58. The maximum Gasteiger partial charge on any atom is 0.569 e. The normalized spacial score (nSPS) is 10.2. The van der Waals surface area contributed by atoms with E-state index in [-0.39, 0.29) is 109 Å². The van der Waals surface area contributed by atoms with Gasteiger partial charge in [0.25, 0.3) is 0 Å². The Morgan fingerprint density at radius 2 is 0.765 bits per heavy atom. The van der Waals surface area contributed by atoms with Gasteiger partial charge in [0.1, 0.15) is 17.1 Å². The van der Waals surface area contributed by atoms with Crippen LogP contribution < -0.4 is 10.1 Å². The van der Waals surface area contributed by atoms with Crippen LogP contribution in [0.25, 0.3) is 67.7 Å². The van der Waals surface area contributed by atoms with Crippen molar-refractivity contribution < 1.29 is 125 Å². The second-order valence-electron chi connectivity index (χ2n) is 18.8. The number of aryl methyl sites for hydroxylation is 3. The minimum absolute atomic E-state index is 0. The molecule has 98 heavy (non-hydrogen) atoms. The van der Waals surface area contributed by atoms with Crippen molar-refractivity contribution in [3.8, 4) is 73.4 Å². The first-order chi connectivity index (χ1) is 44.7. The summed E-state index contributed by atoms with van der Waals surface area (Å²) in [6, 6.07) is 52.5. The van der Waals surface area contributed by atoms with E-state index in [4.69, 9.17) is 26.7 Å². The molecule has 6 heterocycles. The van der Waals surface area contributed by atoms with Gasteiger partial charge in [0.15, 0.2) is 11.6 Å². The summed E-state index contributed by atoms with van der Waals surface area (Å²) in [5.41, 5.74) is 4.53. The number of benzene rings is 5. The fourth-order valence-electron chi connectivity index (χ4n) is 7.63. The molecule has 0 aliphatic carbocycles. The first kappa shape index (κ1) is 89.4. The molecule has 5 aromatic carbocycles. The van der Waals surface area contributed by atoms with Crippen LogP contribution in [0.3, 0.4) is 0 Å². The van der Waals surface area contributed by atoms with Crippen LogP contribution in [0, 0.1) is 35.6 Å². The number of nitrogens with zero attached hydrogens (tertiary/aromatic N) is 9. The summed E-state index contributed by atoms with van der Waals surface area (Å²) in [6.07, 6.45) is -9.24. The van der Waals surface area contributed by atoms with Gasteiger partial charge in [-0.2, -0.15) is 39.5 Å². The Kier molecular flexibility index (Phi) is 40.0. The van der Waals surface area contributed by atoms with Crippen molar-refractivity contribution in [2.75, 3.05) is 0 Å². The Morgan fingerprint density at radius 1 is 0.408 bits per heavy atom. The molecule has 0 unspecified atom stereocenters. The van der Waals surface area contributed by atoms with Gasteiger partial charge in [0.2, 0.25) is 5.28 Å². The van der Waals surface area contributed by atoms with Gasteiger partial charge in [-0.05, 0) is 146 Å². The smallest absolute Gasteiger partial charge is 0.537 e. The molecule has 13 nitrogen and oxygen atoms in total. The van der Waals surface area contributed by atoms with E-state index in [1.807, 2.05) is 95.3 Å². The molecule has 11 aromatic rings. The van der Waals surface area contributed by atoms with Crippen molar-refractivity contribution in [2.24, 2.45) is 0 Å². The summed E-state index contributed by atoms with van der Waals surface area (Å²) in [6.45, 7) is 13.4. The molecular weight excluding hydrogens is 1580 g/mol. The molecule has 507 valence electrons. The van der Waals surface area contributed by atoms with Gasteiger partial charge in [-0.15, -0.1) is 0 Å². The van der Waals surface area contributed by atoms with Gasteiger partial charge >= 0.3 is 33.3 Å². The van der Waals surface area contributed by atoms with E-state index in [0.717, 1.165) is 55.4 Å². The summed E-state index contributed by atoms with van der Waals surface area (Å²) in [7, 11) is -0.715. The molecular formula is C69H64B2Br2ClF9N9O4Y2-2. The number of rotatable bonds is 9. The van der Waals surface area contributed by atoms with E-state index in [2.05, 4.69) is 81.4 Å². The summed E-state index contributed by atoms with van der Waals surface area (Å²) < 4.78 is 124. The Morgan fingerprint density at radius 3 is 1.13 bits per heavy atom. The number of pyridine rings is 3. The van der Waals surface area contributed by atoms with E-state index in [1.165, 1.54) is 18.6 Å². The number of alkyl halides is 9. The minimum Gasteiger partial charge on any atom is -0.537 e. The van der Waals surface area contributed by atoms with E-state index in [9.17, 15) is 39.5 Å². The molecule has 0 bridgehead atoms. The van der Waals surface area contributed by atoms with Crippen LogP contribution in [0.2, 0.25) is 5.28 Å². The van der Waals surface area contributed by atoms with E-state index in [0.29, 0.717) is 46.7 Å². The second-order valence-corrected chi connectivity index (χ2v) is 21.0. The fourth-order valence-corrected chi connectivity index (χ4v) is 8.63. The standard InChI is InChI=1S/C23H16F3N3.C17H11BrF3N3.C11H7ClF3N3.C6H6BBrO2.C6H6BO2.2C2H6.2CH3.2Y/c1-15-10-11-19(14-27-15)20-13-21(23(24,25)26)29-22(28-20)18-9-5-8-17(12-18)16-6-3-2-4-7-16;1-10-5-6-12(9-22-10)14-8-15(17(19,20)21)24-16(23-14)11-3-2-4-13(18)7-11;1-6-2-3-7(5-16-6)8-4-9(11(13,14)15)18-10(12)17-8;8-6-3-1-2-5(4-6)7(9)10;8-7-9-6-4-2-1-3-5-6;2*1-2;;;;/h2-14H,1H3;2-9H,1H3;2-5H,1H3;1-4,9-10H;1-5,8H;2*1-2H3;2*1H3;;/q;;;;;;;2*-1;;. The molecule has 0 saturated heterocycles. The SMILES string of the molecule is CC.CC.Cc1ccc(-c2cc(C(F)(F)F)nc(-c3cccc(-c4ccccc4)c3)n2)cn1.Cc1ccc(-c2cc(C(F)(F)F)nc(-c3cccc(Br)c3)n2)cn1.Cc1ccc(-c2cc(C(F)(F)F)nc(Cl)n2)cn1.OB(O)c1cccc(Br)c1.O[B]Oc1ccccc1.[CH3-].[CH3-].[Y].[Y]. The molecule has 0 amide bonds. The topological polar surface area (TPSA) is 186 Å². The molecule has 0 aliphatic heterocycles. The predicted molar refractivity (Wildman–Crippen MR) is 369 cm³/mol. The Hall–Kier alpha value is -6.57. The van der Waals surface area contributed by atoms with Crippen LogP contribution in [-0.4, -0.2) is 74.7 Å². The van der Waals surface area contributed by atoms with Crippen molar-refractivity contribution in [1.82, 2.24) is 44.9 Å². The van der Waals surface area contributed by atoms with Crippen molar-refractivity contribution in [3.05, 3.63) is 270 Å². The maximum absolute atomic E-state index is 13.5. The van der Waals surface area contributed by atoms with Crippen molar-refractivity contribution in [1.29, 1.82) is 0 Å². The monoisotopic (exact) mass is 1650 g/mol. The molecule has 6 aromatic heterocycles. The average Bonchev–Trinajstić information content (AvgIpc) is 0.815. The van der Waals surface area contributed by atoms with E-state index < -0.39 is 48.0 Å². The Bertz CT molecular complexity index is 4140. The van der Waals surface area contributed by atoms with Crippen LogP contribution in [0.5, 0.6) is 5.75 Å². The largest absolute Gasteiger partial charge is 0.569 e. The molecule has 0 aliphatic rings. The van der Waals surface area contributed by atoms with Crippen molar-refractivity contribution >= 4 is 63.7 Å². The van der Waals surface area contributed by atoms with Gasteiger partial charge in [-0.3, -0.25) is 15.0 Å². The predicted octanol–water partition coefficient (Wildman–Crippen LogP) is 18.7. The van der Waals surface area contributed by atoms with Gasteiger partial charge in [-0.1, -0.05) is 151 Å². The summed E-state index contributed by atoms with van der Waals surface area (Å²) in [5.74, 6) is 0.676. The molecule has 0 saturated carbocycles. The zero-order chi connectivity index (χ0) is 69.2. The van der Waals surface area contributed by atoms with Crippen LogP contribution in [0.15, 0.2) is 216 Å². The molecule has 0 spiro atoms. The third kappa shape index (κ3) is 29.3. The molecule has 3 N–H and O–H groups in total. The van der Waals surface area contributed by atoms with Crippen LogP contribution in [-0.2, 0) is 83.9 Å². The number of hydrogen-bond donors (Lipinski definition) is 3. The molecule has 0 fully saturated rings. The maximum atomic E-state index is 13.5. The third-order valence-electron chi connectivity index (χ3n) is 12.0. The van der Waals surface area contributed by atoms with E-state index >= 15 is 0 Å². The zero-order valence-electron chi connectivity index (χ0n) is 54.2. The Balaban J connectivity index is 0.000000631. The van der Waals surface area contributed by atoms with Gasteiger partial charge in [0.05, 0.1) is 22.8 Å². The van der Waals surface area contributed by atoms with Gasteiger partial charge < -0.3 is 34.6 Å². The summed E-state index contributed by atoms with van der Waals surface area (Å²) >= 11 is 12.0. The number of aromatic nitrogens is 9. The summed E-state index contributed by atoms with van der Waals surface area (Å²) in [4.78, 5) is 35.4. The van der Waals surface area contributed by atoms with Gasteiger partial charge in [-0.25, -0.2) is 29.9 Å². The number of halogens is 12. The second kappa shape index (κ2) is 43.8. The quantitative estimate of drug-likeness (QED) is 0.0537. The van der Waals surface area contributed by atoms with Crippen molar-refractivity contribution in [2.45, 2.75) is 67.0 Å². The fraction of sp³-hybridized carbons (Fsp3) is 0.145. The number of hydrogen-bond acceptors (Lipinski definition) is 13. The Labute approximate surface area is 637 Å². The van der Waals surface area contributed by atoms with Crippen LogP contribution in [0.1, 0.15) is 61.9 Å². The molecule has 11 rings (SSSR count). The van der Waals surface area contributed by atoms with E-state index in [1.54, 1.807) is 123 Å². The zero-order valence-corrected chi connectivity index (χ0v) is 63.9. The molecule has 29 heteroatoms. The average molecular weight is 1650 g/mol. The van der Waals surface area contributed by atoms with Crippen molar-refractivity contribution in [3.63, 3.8) is 0 Å². The van der Waals surface area contributed by atoms with Crippen LogP contribution >= 0.6 is 43.5 Å². The molecule has 0 atom stereocenters. The third-order valence-corrected chi connectivity index (χ3v) is 13.2. The molecule has 3 radical (unpaired) electrons. The first-order valence-electron chi connectivity index (χ1n) is 28.3. The van der Waals surface area contributed by atoms with Crippen LogP contribution in [0.4, 0.5) is 39.5 Å².